The van der Waals surface area contributed by atoms with E-state index in [-0.39, 0.29) is 12.0 Å². The Hall–Kier alpha value is -0.960. The zero-order chi connectivity index (χ0) is 11.5. The second kappa shape index (κ2) is 4.91. The molecule has 0 bridgehead atoms. The van der Waals surface area contributed by atoms with Crippen molar-refractivity contribution in [1.29, 1.82) is 0 Å². The van der Waals surface area contributed by atoms with Crippen molar-refractivity contribution in [2.75, 3.05) is 0 Å². The number of rotatable bonds is 2. The maximum Gasteiger partial charge on any atom is 0.115 e. The highest BCUT2D eigenvalue weighted by molar-refractivity contribution is 5.29. The monoisotopic (exact) mass is 220 g/mol. The third kappa shape index (κ3) is 2.24. The lowest BCUT2D eigenvalue weighted by Gasteiger charge is -2.18. The second-order valence-corrected chi connectivity index (χ2v) is 4.77. The van der Waals surface area contributed by atoms with Crippen LogP contribution in [0.3, 0.4) is 0 Å². The maximum atomic E-state index is 9.69. The molecule has 3 heteroatoms. The van der Waals surface area contributed by atoms with E-state index in [2.05, 4.69) is 9.97 Å². The zero-order valence-corrected chi connectivity index (χ0v) is 10.1. The van der Waals surface area contributed by atoms with Crippen LogP contribution in [-0.2, 0) is 12.8 Å². The van der Waals surface area contributed by atoms with Gasteiger partial charge in [0.2, 0.25) is 0 Å². The molecular formula is C13H20N2O. The Labute approximate surface area is 96.9 Å². The molecule has 1 aliphatic rings. The molecule has 1 aromatic heterocycles. The van der Waals surface area contributed by atoms with E-state index in [1.807, 2.05) is 13.8 Å². The van der Waals surface area contributed by atoms with E-state index in [0.717, 1.165) is 18.5 Å². The summed E-state index contributed by atoms with van der Waals surface area (Å²) >= 11 is 0. The number of hydrogen-bond acceptors (Lipinski definition) is 3. The molecule has 2 rings (SSSR count). The average molecular weight is 220 g/mol. The number of hydrogen-bond donors (Lipinski definition) is 1. The van der Waals surface area contributed by atoms with Crippen molar-refractivity contribution in [3.63, 3.8) is 0 Å². The molecule has 3 nitrogen and oxygen atoms in total. The third-order valence-electron chi connectivity index (χ3n) is 3.56. The predicted octanol–water partition coefficient (Wildman–Crippen LogP) is 2.23. The molecule has 88 valence electrons. The summed E-state index contributed by atoms with van der Waals surface area (Å²) in [6.45, 7) is 3.87. The Morgan fingerprint density at radius 2 is 1.88 bits per heavy atom. The summed E-state index contributed by atoms with van der Waals surface area (Å²) < 4.78 is 0. The average Bonchev–Trinajstić information content (AvgIpc) is 2.52. The van der Waals surface area contributed by atoms with Gasteiger partial charge in [0, 0.05) is 11.6 Å². The number of aliphatic hydroxyl groups excluding tert-OH is 1. The van der Waals surface area contributed by atoms with Crippen molar-refractivity contribution in [2.24, 2.45) is 0 Å². The van der Waals surface area contributed by atoms with Crippen molar-refractivity contribution in [1.82, 2.24) is 9.97 Å². The first-order valence-electron chi connectivity index (χ1n) is 6.21. The molecule has 0 aromatic carbocycles. The first kappa shape index (κ1) is 11.5. The molecule has 1 aromatic rings. The van der Waals surface area contributed by atoms with Gasteiger partial charge in [0.25, 0.3) is 0 Å². The SMILES string of the molecule is CC(O)C(C)c1ncnc2c1CCCCC2. The Morgan fingerprint density at radius 1 is 1.12 bits per heavy atom. The Morgan fingerprint density at radius 3 is 2.62 bits per heavy atom. The number of aromatic nitrogens is 2. The van der Waals surface area contributed by atoms with Crippen molar-refractivity contribution in [3.05, 3.63) is 23.3 Å². The molecule has 0 amide bonds. The quantitative estimate of drug-likeness (QED) is 0.777. The van der Waals surface area contributed by atoms with E-state index in [9.17, 15) is 5.11 Å². The number of aliphatic hydroxyl groups is 1. The predicted molar refractivity (Wildman–Crippen MR) is 63.4 cm³/mol. The summed E-state index contributed by atoms with van der Waals surface area (Å²) in [5.74, 6) is 0.106. The van der Waals surface area contributed by atoms with Crippen LogP contribution in [0.1, 0.15) is 56.0 Å². The largest absolute Gasteiger partial charge is 0.393 e. The van der Waals surface area contributed by atoms with E-state index in [1.165, 1.54) is 30.5 Å². The summed E-state index contributed by atoms with van der Waals surface area (Å²) in [5, 5.41) is 9.69. The van der Waals surface area contributed by atoms with Gasteiger partial charge in [0.15, 0.2) is 0 Å². The van der Waals surface area contributed by atoms with Gasteiger partial charge in [-0.1, -0.05) is 13.3 Å². The Kier molecular flexibility index (Phi) is 3.54. The van der Waals surface area contributed by atoms with Gasteiger partial charge in [-0.05, 0) is 38.2 Å². The fraction of sp³-hybridized carbons (Fsp3) is 0.692. The van der Waals surface area contributed by atoms with Gasteiger partial charge in [-0.3, -0.25) is 0 Å². The molecular weight excluding hydrogens is 200 g/mol. The highest BCUT2D eigenvalue weighted by atomic mass is 16.3. The molecule has 0 saturated carbocycles. The Bertz CT molecular complexity index is 363. The fourth-order valence-corrected chi connectivity index (χ4v) is 2.34. The van der Waals surface area contributed by atoms with E-state index >= 15 is 0 Å². The lowest BCUT2D eigenvalue weighted by Crippen LogP contribution is -2.16. The van der Waals surface area contributed by atoms with Crippen LogP contribution in [0.15, 0.2) is 6.33 Å². The van der Waals surface area contributed by atoms with Gasteiger partial charge in [0.05, 0.1) is 11.8 Å². The van der Waals surface area contributed by atoms with Gasteiger partial charge in [0.1, 0.15) is 6.33 Å². The van der Waals surface area contributed by atoms with Gasteiger partial charge >= 0.3 is 0 Å². The van der Waals surface area contributed by atoms with Crippen LogP contribution < -0.4 is 0 Å². The summed E-state index contributed by atoms with van der Waals surface area (Å²) in [5.41, 5.74) is 3.56. The minimum Gasteiger partial charge on any atom is -0.393 e. The minimum absolute atomic E-state index is 0.106. The van der Waals surface area contributed by atoms with Gasteiger partial charge < -0.3 is 5.11 Å². The summed E-state index contributed by atoms with van der Waals surface area (Å²) in [6.07, 6.45) is 7.17. The van der Waals surface area contributed by atoms with Crippen molar-refractivity contribution >= 4 is 0 Å². The number of fused-ring (bicyclic) bond motifs is 1. The molecule has 1 heterocycles. The van der Waals surface area contributed by atoms with Crippen LogP contribution in [0, 0.1) is 0 Å². The summed E-state index contributed by atoms with van der Waals surface area (Å²) in [7, 11) is 0. The molecule has 0 aliphatic heterocycles. The second-order valence-electron chi connectivity index (χ2n) is 4.77. The van der Waals surface area contributed by atoms with Crippen LogP contribution >= 0.6 is 0 Å². The minimum atomic E-state index is -0.345. The smallest absolute Gasteiger partial charge is 0.115 e. The van der Waals surface area contributed by atoms with Gasteiger partial charge in [-0.15, -0.1) is 0 Å². The third-order valence-corrected chi connectivity index (χ3v) is 3.56. The van der Waals surface area contributed by atoms with Crippen LogP contribution in [0.5, 0.6) is 0 Å². The topological polar surface area (TPSA) is 46.0 Å². The van der Waals surface area contributed by atoms with Crippen LogP contribution in [-0.4, -0.2) is 21.2 Å². The first-order chi connectivity index (χ1) is 7.70. The van der Waals surface area contributed by atoms with Crippen molar-refractivity contribution in [2.45, 2.75) is 58.0 Å². The van der Waals surface area contributed by atoms with Crippen molar-refractivity contribution in [3.8, 4) is 0 Å². The molecule has 0 saturated heterocycles. The molecule has 16 heavy (non-hydrogen) atoms. The number of aryl methyl sites for hydroxylation is 1. The molecule has 0 fully saturated rings. The molecule has 1 aliphatic carbocycles. The maximum absolute atomic E-state index is 9.69. The van der Waals surface area contributed by atoms with Crippen LogP contribution in [0.4, 0.5) is 0 Å². The van der Waals surface area contributed by atoms with E-state index < -0.39 is 0 Å². The lowest BCUT2D eigenvalue weighted by molar-refractivity contribution is 0.166. The summed E-state index contributed by atoms with van der Waals surface area (Å²) in [4.78, 5) is 8.77. The molecule has 2 atom stereocenters. The van der Waals surface area contributed by atoms with E-state index in [4.69, 9.17) is 0 Å². The first-order valence-corrected chi connectivity index (χ1v) is 6.21. The van der Waals surface area contributed by atoms with Crippen molar-refractivity contribution < 1.29 is 5.11 Å². The molecule has 0 radical (unpaired) electrons. The fourth-order valence-electron chi connectivity index (χ4n) is 2.34. The van der Waals surface area contributed by atoms with Gasteiger partial charge in [-0.2, -0.15) is 0 Å². The molecule has 2 unspecified atom stereocenters. The van der Waals surface area contributed by atoms with Gasteiger partial charge in [-0.25, -0.2) is 9.97 Å². The normalized spacial score (nSPS) is 19.7. The standard InChI is InChI=1S/C13H20N2O/c1-9(10(2)16)13-11-6-4-3-5-7-12(11)14-8-15-13/h8-10,16H,3-7H2,1-2H3. The van der Waals surface area contributed by atoms with Crippen LogP contribution in [0.25, 0.3) is 0 Å². The number of nitrogens with zero attached hydrogens (tertiary/aromatic N) is 2. The molecule has 1 N–H and O–H groups in total. The summed E-state index contributed by atoms with van der Waals surface area (Å²) in [6, 6.07) is 0. The highest BCUT2D eigenvalue weighted by Crippen LogP contribution is 2.27. The van der Waals surface area contributed by atoms with Crippen LogP contribution in [0.2, 0.25) is 0 Å². The van der Waals surface area contributed by atoms with E-state index in [0.29, 0.717) is 0 Å². The van der Waals surface area contributed by atoms with E-state index in [1.54, 1.807) is 6.33 Å². The lowest BCUT2D eigenvalue weighted by atomic mass is 9.94. The zero-order valence-electron chi connectivity index (χ0n) is 10.1. The highest BCUT2D eigenvalue weighted by Gasteiger charge is 2.20. The molecule has 0 spiro atoms. The Balaban J connectivity index is 2.38.